The summed E-state index contributed by atoms with van der Waals surface area (Å²) in [7, 11) is 0. The predicted octanol–water partition coefficient (Wildman–Crippen LogP) is 4.04. The number of carboxylic acid groups (broad SMARTS) is 1. The number of hydrogen-bond donors (Lipinski definition) is 3. The number of thiocarbonyl (C=S) groups is 1. The molecule has 0 aromatic carbocycles. The molecule has 3 N–H and O–H groups in total. The van der Waals surface area contributed by atoms with Gasteiger partial charge in [-0.2, -0.15) is 0 Å². The lowest BCUT2D eigenvalue weighted by atomic mass is 9.79. The van der Waals surface area contributed by atoms with E-state index in [4.69, 9.17) is 27.1 Å². The van der Waals surface area contributed by atoms with Gasteiger partial charge in [0, 0.05) is 36.8 Å². The van der Waals surface area contributed by atoms with Crippen LogP contribution in [0.15, 0.2) is 28.0 Å². The van der Waals surface area contributed by atoms with Gasteiger partial charge in [0.2, 0.25) is 0 Å². The second kappa shape index (κ2) is 10.9. The topological polar surface area (TPSA) is 116 Å². The van der Waals surface area contributed by atoms with Crippen molar-refractivity contribution >= 4 is 57.7 Å². The van der Waals surface area contributed by atoms with Gasteiger partial charge in [0.25, 0.3) is 17.4 Å². The lowest BCUT2D eigenvalue weighted by molar-refractivity contribution is -0.134. The first-order valence-electron chi connectivity index (χ1n) is 12.2. The highest BCUT2D eigenvalue weighted by molar-refractivity contribution is 8.26. The lowest BCUT2D eigenvalue weighted by Gasteiger charge is -2.46. The van der Waals surface area contributed by atoms with Crippen molar-refractivity contribution in [3.05, 3.63) is 44.7 Å². The van der Waals surface area contributed by atoms with E-state index in [-0.39, 0.29) is 28.6 Å². The van der Waals surface area contributed by atoms with E-state index in [2.05, 4.69) is 38.3 Å². The van der Waals surface area contributed by atoms with Gasteiger partial charge in [-0.15, -0.1) is 0 Å². The van der Waals surface area contributed by atoms with Crippen LogP contribution in [0.4, 0.5) is 5.82 Å². The maximum atomic E-state index is 13.6. The molecule has 0 aliphatic carbocycles. The number of nitrogens with zero attached hydrogens (tertiary/aromatic N) is 3. The van der Waals surface area contributed by atoms with E-state index >= 15 is 0 Å². The van der Waals surface area contributed by atoms with Crippen LogP contribution in [-0.2, 0) is 9.59 Å². The molecule has 2 aliphatic heterocycles. The third kappa shape index (κ3) is 6.97. The Morgan fingerprint density at radius 3 is 2.41 bits per heavy atom. The van der Waals surface area contributed by atoms with Gasteiger partial charge >= 0.3 is 0 Å². The van der Waals surface area contributed by atoms with Crippen LogP contribution in [0, 0.1) is 6.92 Å². The van der Waals surface area contributed by atoms with Crippen molar-refractivity contribution in [1.82, 2.24) is 19.6 Å². The second-order valence-electron chi connectivity index (χ2n) is 10.7. The number of carbonyl (C=O) groups is 2. The van der Waals surface area contributed by atoms with Crippen LogP contribution in [0.2, 0.25) is 0 Å². The first kappa shape index (κ1) is 28.8. The predicted molar refractivity (Wildman–Crippen MR) is 153 cm³/mol. The van der Waals surface area contributed by atoms with Gasteiger partial charge in [0.05, 0.1) is 10.5 Å². The van der Waals surface area contributed by atoms with Crippen LogP contribution in [0.3, 0.4) is 0 Å². The number of thioether (sulfide) groups is 1. The zero-order valence-electron chi connectivity index (χ0n) is 22.3. The number of hydrogen-bond acceptors (Lipinski definition) is 8. The number of nitrogens with one attached hydrogen (secondary N) is 2. The lowest BCUT2D eigenvalue weighted by Crippen LogP contribution is -2.60. The van der Waals surface area contributed by atoms with Gasteiger partial charge in [0.15, 0.2) is 0 Å². The van der Waals surface area contributed by atoms with Crippen molar-refractivity contribution < 1.29 is 14.7 Å². The molecule has 0 saturated carbocycles. The summed E-state index contributed by atoms with van der Waals surface area (Å²) in [6.45, 7) is 14.1. The zero-order valence-corrected chi connectivity index (χ0v) is 24.0. The molecule has 2 saturated heterocycles. The van der Waals surface area contributed by atoms with Crippen molar-refractivity contribution in [2.45, 2.75) is 78.4 Å². The monoisotopic (exact) mass is 545 g/mol. The highest BCUT2D eigenvalue weighted by Gasteiger charge is 2.38. The van der Waals surface area contributed by atoms with Crippen molar-refractivity contribution in [2.75, 3.05) is 11.9 Å². The van der Waals surface area contributed by atoms with Crippen molar-refractivity contribution in [1.29, 1.82) is 0 Å². The fourth-order valence-corrected chi connectivity index (χ4v) is 6.39. The summed E-state index contributed by atoms with van der Waals surface area (Å²) in [5.74, 6) is -0.500. The Morgan fingerprint density at radius 1 is 1.27 bits per heavy atom. The second-order valence-corrected chi connectivity index (χ2v) is 12.4. The van der Waals surface area contributed by atoms with E-state index in [1.54, 1.807) is 21.6 Å². The number of piperidine rings is 1. The normalized spacial score (nSPS) is 20.2. The fraction of sp³-hybridized carbons (Fsp3) is 0.500. The number of aryl methyl sites for hydroxylation is 1. The maximum absolute atomic E-state index is 13.6. The van der Waals surface area contributed by atoms with Crippen LogP contribution in [0.5, 0.6) is 0 Å². The van der Waals surface area contributed by atoms with Gasteiger partial charge in [0.1, 0.15) is 15.8 Å². The largest absolute Gasteiger partial charge is 0.481 e. The summed E-state index contributed by atoms with van der Waals surface area (Å²) in [5, 5.41) is 14.7. The highest BCUT2D eigenvalue weighted by atomic mass is 32.2. The molecule has 37 heavy (non-hydrogen) atoms. The number of anilines is 1. The molecule has 1 amide bonds. The molecule has 0 unspecified atom stereocenters. The maximum Gasteiger partial charge on any atom is 0.300 e. The zero-order chi connectivity index (χ0) is 27.7. The molecule has 2 aromatic heterocycles. The van der Waals surface area contributed by atoms with E-state index < -0.39 is 5.97 Å². The molecule has 2 aromatic rings. The highest BCUT2D eigenvalue weighted by Crippen LogP contribution is 2.34. The summed E-state index contributed by atoms with van der Waals surface area (Å²) in [6.07, 6.45) is 5.18. The van der Waals surface area contributed by atoms with Crippen molar-refractivity contribution in [3.63, 3.8) is 0 Å². The van der Waals surface area contributed by atoms with Gasteiger partial charge in [-0.25, -0.2) is 4.98 Å². The number of carboxylic acids is 1. The van der Waals surface area contributed by atoms with Gasteiger partial charge in [-0.05, 0) is 72.1 Å². The summed E-state index contributed by atoms with van der Waals surface area (Å²) >= 11 is 6.58. The van der Waals surface area contributed by atoms with Crippen LogP contribution in [0.25, 0.3) is 11.7 Å². The Bertz CT molecular complexity index is 1310. The van der Waals surface area contributed by atoms with E-state index in [1.165, 1.54) is 11.8 Å². The number of fused-ring (bicyclic) bond motifs is 1. The molecule has 11 heteroatoms. The molecule has 4 heterocycles. The molecule has 0 spiro atoms. The standard InChI is InChI=1S/C24H31N5O2S2.C2H4O2/c1-7-28-21(31)17(33-22(28)32)10-16-19(25-15-11-23(3,4)27-24(5,6)12-15)26-18-9-8-14(2)13-29(18)20(16)30;1-2(3)4/h8-10,13,15,25,27H,7,11-12H2,1-6H3;1H3,(H,3,4). The average Bonchev–Trinajstić information content (AvgIpc) is 3.01. The molecule has 2 fully saturated rings. The molecule has 0 atom stereocenters. The van der Waals surface area contributed by atoms with Gasteiger partial charge in [-0.1, -0.05) is 30.0 Å². The van der Waals surface area contributed by atoms with Crippen LogP contribution >= 0.6 is 24.0 Å². The molecule has 0 bridgehead atoms. The Kier molecular flexibility index (Phi) is 8.50. The molecular formula is C26H35N5O4S2. The van der Waals surface area contributed by atoms with Crippen molar-refractivity contribution in [3.8, 4) is 0 Å². The SMILES string of the molecule is CC(=O)O.CCN1C(=O)C(=Cc2c(NC3CC(C)(C)NC(C)(C)C3)nc3ccc(C)cn3c2=O)SC1=S. The van der Waals surface area contributed by atoms with E-state index in [0.29, 0.717) is 32.8 Å². The number of pyridine rings is 1. The number of aromatic nitrogens is 2. The Labute approximate surface area is 226 Å². The van der Waals surface area contributed by atoms with Crippen molar-refractivity contribution in [2.24, 2.45) is 0 Å². The van der Waals surface area contributed by atoms with Gasteiger partial charge in [-0.3, -0.25) is 23.7 Å². The summed E-state index contributed by atoms with van der Waals surface area (Å²) in [6, 6.07) is 3.90. The number of rotatable bonds is 4. The molecule has 0 radical (unpaired) electrons. The van der Waals surface area contributed by atoms with Gasteiger partial charge < -0.3 is 15.7 Å². The Balaban J connectivity index is 0.000000886. The Hall–Kier alpha value is -2.76. The summed E-state index contributed by atoms with van der Waals surface area (Å²) < 4.78 is 2.05. The minimum absolute atomic E-state index is 0.0634. The average molecular weight is 546 g/mol. The molecular weight excluding hydrogens is 510 g/mol. The Morgan fingerprint density at radius 2 is 1.86 bits per heavy atom. The summed E-state index contributed by atoms with van der Waals surface area (Å²) in [5.41, 5.74) is 1.57. The van der Waals surface area contributed by atoms with E-state index in [9.17, 15) is 9.59 Å². The van der Waals surface area contributed by atoms with Crippen LogP contribution < -0.4 is 16.2 Å². The molecule has 200 valence electrons. The quantitative estimate of drug-likeness (QED) is 0.387. The number of amides is 1. The molecule has 9 nitrogen and oxygen atoms in total. The fourth-order valence-electron chi connectivity index (χ4n) is 5.02. The number of likely N-dealkylation sites (N-methyl/N-ethyl adjacent to an activating group) is 1. The van der Waals surface area contributed by atoms with E-state index in [0.717, 1.165) is 25.3 Å². The minimum atomic E-state index is -0.833. The minimum Gasteiger partial charge on any atom is -0.481 e. The summed E-state index contributed by atoms with van der Waals surface area (Å²) in [4.78, 5) is 42.2. The molecule has 4 rings (SSSR count). The van der Waals surface area contributed by atoms with Crippen LogP contribution in [-0.4, -0.2) is 59.3 Å². The molecule has 2 aliphatic rings. The van der Waals surface area contributed by atoms with E-state index in [1.807, 2.05) is 26.0 Å². The van der Waals surface area contributed by atoms with Crippen LogP contribution in [0.1, 0.15) is 65.5 Å². The first-order valence-corrected chi connectivity index (χ1v) is 13.4. The number of carbonyl (C=O) groups excluding carboxylic acids is 1. The first-order chi connectivity index (χ1) is 17.1. The third-order valence-corrected chi connectivity index (χ3v) is 7.38. The third-order valence-electron chi connectivity index (χ3n) is 6.00. The number of aliphatic carboxylic acids is 1. The smallest absolute Gasteiger partial charge is 0.300 e.